The van der Waals surface area contributed by atoms with E-state index in [0.717, 1.165) is 0 Å². The molecule has 1 aromatic heterocycles. The van der Waals surface area contributed by atoms with E-state index < -0.39 is 20.8 Å². The average Bonchev–Trinajstić information content (AvgIpc) is 3.53. The average molecular weight is 508 g/mol. The molecule has 0 radical (unpaired) electrons. The summed E-state index contributed by atoms with van der Waals surface area (Å²) in [7, 11) is 9.87. The van der Waals surface area contributed by atoms with Gasteiger partial charge in [0.15, 0.2) is 0 Å². The molecule has 4 heteroatoms. The summed E-state index contributed by atoms with van der Waals surface area (Å²) in [6, 6.07) is 40.3. The topological polar surface area (TPSA) is 4.93 Å². The van der Waals surface area contributed by atoms with Crippen molar-refractivity contribution in [3.05, 3.63) is 115 Å². The molecule has 0 bridgehead atoms. The molecule has 0 unspecified atom stereocenters. The monoisotopic (exact) mass is 505 g/mol. The zero-order valence-corrected chi connectivity index (χ0v) is 20.1. The van der Waals surface area contributed by atoms with Gasteiger partial charge in [-0.1, -0.05) is 42.5 Å². The van der Waals surface area contributed by atoms with Crippen LogP contribution in [0.5, 0.6) is 0 Å². The molecular formula is C26H19Cl2NZr. The summed E-state index contributed by atoms with van der Waals surface area (Å²) >= 11 is -0.826. The van der Waals surface area contributed by atoms with E-state index in [0.29, 0.717) is 0 Å². The zero-order chi connectivity index (χ0) is 20.8. The van der Waals surface area contributed by atoms with Gasteiger partial charge in [0.2, 0.25) is 0 Å². The summed E-state index contributed by atoms with van der Waals surface area (Å²) in [6.45, 7) is 0. The summed E-state index contributed by atoms with van der Waals surface area (Å²) in [5.41, 5.74) is 3.76. The number of halogens is 2. The second-order valence-electron chi connectivity index (χ2n) is 6.75. The fourth-order valence-corrected chi connectivity index (χ4v) is 3.78. The van der Waals surface area contributed by atoms with Gasteiger partial charge in [0.05, 0.1) is 11.0 Å². The third-order valence-corrected chi connectivity index (χ3v) is 5.00. The zero-order valence-electron chi connectivity index (χ0n) is 16.2. The quantitative estimate of drug-likeness (QED) is 0.197. The van der Waals surface area contributed by atoms with Gasteiger partial charge in [-0.05, 0) is 17.8 Å². The van der Waals surface area contributed by atoms with Gasteiger partial charge in [-0.25, -0.2) is 12.1 Å². The number of hydrogen-bond donors (Lipinski definition) is 0. The SMILES string of the molecule is [Cl][Zr+2][Cl].c1cc[cH-]c1.c1ccc2[cH-]c(-n3c4ccccc4c4ccccc43)cc2c1. The van der Waals surface area contributed by atoms with Crippen LogP contribution in [0.1, 0.15) is 0 Å². The van der Waals surface area contributed by atoms with Gasteiger partial charge in [-0.15, -0.1) is 41.1 Å². The van der Waals surface area contributed by atoms with Crippen LogP contribution in [0, 0.1) is 0 Å². The Morgan fingerprint density at radius 2 is 1.20 bits per heavy atom. The smallest absolute Gasteiger partial charge is 0.0523 e. The minimum absolute atomic E-state index is 0.826. The molecule has 30 heavy (non-hydrogen) atoms. The van der Waals surface area contributed by atoms with Crippen LogP contribution >= 0.6 is 17.0 Å². The van der Waals surface area contributed by atoms with Crippen molar-refractivity contribution >= 4 is 49.6 Å². The van der Waals surface area contributed by atoms with E-state index in [2.05, 4.69) is 89.5 Å². The maximum Gasteiger partial charge on any atom is 0.0523 e. The van der Waals surface area contributed by atoms with Crippen LogP contribution in [0.2, 0.25) is 0 Å². The van der Waals surface area contributed by atoms with Crippen LogP contribution in [0.15, 0.2) is 115 Å². The Morgan fingerprint density at radius 3 is 1.73 bits per heavy atom. The maximum absolute atomic E-state index is 4.93. The van der Waals surface area contributed by atoms with Gasteiger partial charge in [0.1, 0.15) is 0 Å². The first-order valence-electron chi connectivity index (χ1n) is 9.60. The van der Waals surface area contributed by atoms with Crippen molar-refractivity contribution in [1.82, 2.24) is 4.57 Å². The normalized spacial score (nSPS) is 10.2. The van der Waals surface area contributed by atoms with Crippen LogP contribution in [0.25, 0.3) is 38.3 Å². The van der Waals surface area contributed by atoms with Gasteiger partial charge in [0, 0.05) is 10.8 Å². The number of fused-ring (bicyclic) bond motifs is 4. The molecule has 0 N–H and O–H groups in total. The van der Waals surface area contributed by atoms with E-state index in [1.54, 1.807) is 0 Å². The van der Waals surface area contributed by atoms with Crippen LogP contribution in [0.4, 0.5) is 0 Å². The Hall–Kier alpha value is -2.12. The number of aromatic nitrogens is 1. The largest absolute Gasteiger partial charge is 0.328 e. The third kappa shape index (κ3) is 4.47. The Kier molecular flexibility index (Phi) is 7.23. The molecule has 1 nitrogen and oxygen atoms in total. The molecular weight excluding hydrogens is 488 g/mol. The summed E-state index contributed by atoms with van der Waals surface area (Å²) in [6.07, 6.45) is 0. The molecule has 6 rings (SSSR count). The van der Waals surface area contributed by atoms with Crippen molar-refractivity contribution in [3.8, 4) is 5.69 Å². The molecule has 0 fully saturated rings. The Balaban J connectivity index is 0.000000233. The molecule has 0 aliphatic rings. The summed E-state index contributed by atoms with van der Waals surface area (Å²) in [5, 5.41) is 5.20. The number of rotatable bonds is 1. The van der Waals surface area contributed by atoms with E-state index in [-0.39, 0.29) is 0 Å². The van der Waals surface area contributed by atoms with Crippen molar-refractivity contribution in [1.29, 1.82) is 0 Å². The van der Waals surface area contributed by atoms with E-state index in [1.165, 1.54) is 38.3 Å². The molecule has 0 aliphatic carbocycles. The van der Waals surface area contributed by atoms with Crippen molar-refractivity contribution in [2.75, 3.05) is 0 Å². The van der Waals surface area contributed by atoms with E-state index in [4.69, 9.17) is 17.0 Å². The van der Waals surface area contributed by atoms with Gasteiger partial charge < -0.3 is 4.57 Å². The van der Waals surface area contributed by atoms with Crippen LogP contribution in [0.3, 0.4) is 0 Å². The predicted molar refractivity (Wildman–Crippen MR) is 128 cm³/mol. The molecule has 0 amide bonds. The van der Waals surface area contributed by atoms with Crippen LogP contribution < -0.4 is 0 Å². The molecule has 0 saturated heterocycles. The fourth-order valence-electron chi connectivity index (χ4n) is 3.78. The molecule has 0 atom stereocenters. The second-order valence-corrected chi connectivity index (χ2v) is 10.5. The number of nitrogens with zero attached hydrogens (tertiary/aromatic N) is 1. The van der Waals surface area contributed by atoms with Crippen molar-refractivity contribution in [3.63, 3.8) is 0 Å². The minimum Gasteiger partial charge on any atom is -0.328 e. The first kappa shape index (κ1) is 21.1. The molecule has 0 aliphatic heterocycles. The van der Waals surface area contributed by atoms with Crippen molar-refractivity contribution < 1.29 is 20.8 Å². The number of para-hydroxylation sites is 2. The second kappa shape index (κ2) is 10.3. The molecule has 0 spiro atoms. The summed E-state index contributed by atoms with van der Waals surface area (Å²) in [5.74, 6) is 0. The maximum atomic E-state index is 4.93. The predicted octanol–water partition coefficient (Wildman–Crippen LogP) is 8.44. The molecule has 1 heterocycles. The summed E-state index contributed by atoms with van der Waals surface area (Å²) in [4.78, 5) is 0. The van der Waals surface area contributed by atoms with Gasteiger partial charge in [-0.2, -0.15) is 18.2 Å². The van der Waals surface area contributed by atoms with E-state index in [1.807, 2.05) is 30.3 Å². The van der Waals surface area contributed by atoms with Gasteiger partial charge in [-0.3, -0.25) is 0 Å². The Labute approximate surface area is 194 Å². The van der Waals surface area contributed by atoms with Gasteiger partial charge in [0.25, 0.3) is 0 Å². The first-order chi connectivity index (χ1) is 14.8. The fraction of sp³-hybridized carbons (Fsp3) is 0. The molecule has 6 aromatic rings. The van der Waals surface area contributed by atoms with Crippen molar-refractivity contribution in [2.24, 2.45) is 0 Å². The van der Waals surface area contributed by atoms with Crippen molar-refractivity contribution in [2.45, 2.75) is 0 Å². The van der Waals surface area contributed by atoms with Gasteiger partial charge >= 0.3 is 37.9 Å². The first-order valence-corrected chi connectivity index (χ1v) is 15.9. The molecule has 5 aromatic carbocycles. The summed E-state index contributed by atoms with van der Waals surface area (Å²) < 4.78 is 2.37. The molecule has 0 saturated carbocycles. The van der Waals surface area contributed by atoms with Crippen LogP contribution in [-0.4, -0.2) is 4.57 Å². The van der Waals surface area contributed by atoms with E-state index in [9.17, 15) is 0 Å². The standard InChI is InChI=1S/C21H14N.C5H5.2ClH.Zr/c1-2-8-16-14-17(13-15(16)7-1)22-20-11-5-3-9-18(20)19-10-4-6-12-21(19)22;1-2-4-5-3-1;;;/h1-14H;1-5H;2*1H;/q2*-1;;;+4/p-2. The number of hydrogen-bond acceptors (Lipinski definition) is 0. The Bertz CT molecular complexity index is 1240. The Morgan fingerprint density at radius 1 is 0.667 bits per heavy atom. The number of benzene rings is 3. The third-order valence-electron chi connectivity index (χ3n) is 5.00. The minimum atomic E-state index is -0.826. The molecule has 146 valence electrons. The van der Waals surface area contributed by atoms with E-state index >= 15 is 0 Å². The van der Waals surface area contributed by atoms with Crippen LogP contribution in [-0.2, 0) is 20.8 Å².